The molecule has 2 heteroatoms. The summed E-state index contributed by atoms with van der Waals surface area (Å²) in [5, 5.41) is 4.05. The van der Waals surface area contributed by atoms with E-state index in [4.69, 9.17) is 0 Å². The van der Waals surface area contributed by atoms with Crippen LogP contribution in [0.2, 0.25) is 0 Å². The Morgan fingerprint density at radius 1 is 0.625 bits per heavy atom. The van der Waals surface area contributed by atoms with Crippen LogP contribution in [-0.4, -0.2) is 18.3 Å². The largest absolute Gasteiger partial charge is 0.314 e. The first-order valence-electron chi connectivity index (χ1n) is 8.45. The molecule has 0 spiro atoms. The molecule has 1 N–H and O–H groups in total. The summed E-state index contributed by atoms with van der Waals surface area (Å²) in [7, 11) is 0. The molecule has 0 radical (unpaired) electrons. The van der Waals surface area contributed by atoms with Crippen molar-refractivity contribution in [2.24, 2.45) is 0 Å². The van der Waals surface area contributed by atoms with Crippen LogP contribution < -0.4 is 5.32 Å². The smallest absolute Gasteiger partial charge is 0.0910 e. The van der Waals surface area contributed by atoms with Gasteiger partial charge in [0.15, 0.2) is 0 Å². The van der Waals surface area contributed by atoms with Crippen molar-refractivity contribution in [2.75, 3.05) is 13.1 Å². The minimum absolute atomic E-state index is 0.170. The third-order valence-corrected chi connectivity index (χ3v) is 6.36. The number of rotatable bonds is 5. The summed E-state index contributed by atoms with van der Waals surface area (Å²) >= 11 is 2.08. The highest BCUT2D eigenvalue weighted by Gasteiger charge is 2.40. The van der Waals surface area contributed by atoms with Crippen LogP contribution in [0.3, 0.4) is 0 Å². The first kappa shape index (κ1) is 15.5. The van der Waals surface area contributed by atoms with Gasteiger partial charge in [0.2, 0.25) is 0 Å². The van der Waals surface area contributed by atoms with Crippen molar-refractivity contribution in [1.29, 1.82) is 0 Å². The lowest BCUT2D eigenvalue weighted by Crippen LogP contribution is -2.47. The number of nitrogens with one attached hydrogen (secondary N) is 1. The second kappa shape index (κ2) is 6.84. The zero-order valence-corrected chi connectivity index (χ0v) is 14.4. The summed E-state index contributed by atoms with van der Waals surface area (Å²) < 4.78 is -0.170. The SMILES string of the molecule is c1ccc(C(SC2CNC2)(c2ccccc2)c2ccccc2)cc1. The van der Waals surface area contributed by atoms with Gasteiger partial charge in [0.05, 0.1) is 4.75 Å². The van der Waals surface area contributed by atoms with E-state index in [1.807, 2.05) is 0 Å². The third kappa shape index (κ3) is 2.77. The van der Waals surface area contributed by atoms with Gasteiger partial charge in [-0.15, -0.1) is 11.8 Å². The second-order valence-electron chi connectivity index (χ2n) is 6.18. The van der Waals surface area contributed by atoms with E-state index < -0.39 is 0 Å². The summed E-state index contributed by atoms with van der Waals surface area (Å²) in [6, 6.07) is 32.8. The summed E-state index contributed by atoms with van der Waals surface area (Å²) in [6.45, 7) is 2.16. The zero-order valence-electron chi connectivity index (χ0n) is 13.6. The lowest BCUT2D eigenvalue weighted by molar-refractivity contribution is 0.540. The van der Waals surface area contributed by atoms with E-state index in [9.17, 15) is 0 Å². The van der Waals surface area contributed by atoms with Crippen LogP contribution in [0.1, 0.15) is 16.7 Å². The molecule has 0 unspecified atom stereocenters. The first-order valence-corrected chi connectivity index (χ1v) is 9.33. The van der Waals surface area contributed by atoms with Crippen LogP contribution in [0.4, 0.5) is 0 Å². The van der Waals surface area contributed by atoms with Crippen LogP contribution in [0.5, 0.6) is 0 Å². The fourth-order valence-corrected chi connectivity index (χ4v) is 5.04. The molecule has 1 fully saturated rings. The number of hydrogen-bond acceptors (Lipinski definition) is 2. The molecule has 0 atom stereocenters. The van der Waals surface area contributed by atoms with Gasteiger partial charge >= 0.3 is 0 Å². The van der Waals surface area contributed by atoms with Crippen molar-refractivity contribution < 1.29 is 0 Å². The molecule has 4 rings (SSSR count). The standard InChI is InChI=1S/C22H21NS/c1-4-10-18(11-5-1)22(24-21-16-23-17-21,19-12-6-2-7-13-19)20-14-8-3-9-15-20/h1-15,21,23H,16-17H2. The Hall–Kier alpha value is -2.03. The quantitative estimate of drug-likeness (QED) is 0.681. The molecule has 1 aliphatic heterocycles. The maximum atomic E-state index is 3.42. The zero-order chi connectivity index (χ0) is 16.2. The molecular weight excluding hydrogens is 310 g/mol. The minimum Gasteiger partial charge on any atom is -0.314 e. The molecule has 1 aliphatic rings. The molecule has 0 bridgehead atoms. The van der Waals surface area contributed by atoms with Crippen LogP contribution in [-0.2, 0) is 4.75 Å². The average molecular weight is 331 g/mol. The average Bonchev–Trinajstić information content (AvgIpc) is 2.64. The predicted octanol–water partition coefficient (Wildman–Crippen LogP) is 4.68. The van der Waals surface area contributed by atoms with E-state index in [2.05, 4.69) is 108 Å². The van der Waals surface area contributed by atoms with E-state index in [1.54, 1.807) is 0 Å². The van der Waals surface area contributed by atoms with E-state index in [-0.39, 0.29) is 4.75 Å². The van der Waals surface area contributed by atoms with Gasteiger partial charge in [-0.3, -0.25) is 0 Å². The van der Waals surface area contributed by atoms with Gasteiger partial charge < -0.3 is 5.32 Å². The maximum absolute atomic E-state index is 3.42. The third-order valence-electron chi connectivity index (χ3n) is 4.63. The fourth-order valence-electron chi connectivity index (χ4n) is 3.32. The van der Waals surface area contributed by atoms with Crippen LogP contribution in [0, 0.1) is 0 Å². The first-order chi connectivity index (χ1) is 11.9. The Bertz CT molecular complexity index is 670. The summed E-state index contributed by atoms with van der Waals surface area (Å²) in [4.78, 5) is 0. The van der Waals surface area contributed by atoms with Crippen molar-refractivity contribution in [3.8, 4) is 0 Å². The van der Waals surface area contributed by atoms with Gasteiger partial charge in [-0.05, 0) is 16.7 Å². The molecule has 1 heterocycles. The van der Waals surface area contributed by atoms with Crippen molar-refractivity contribution in [2.45, 2.75) is 10.00 Å². The topological polar surface area (TPSA) is 12.0 Å². The van der Waals surface area contributed by atoms with Crippen molar-refractivity contribution >= 4 is 11.8 Å². The molecule has 0 aromatic heterocycles. The number of thioether (sulfide) groups is 1. The van der Waals surface area contributed by atoms with E-state index in [0.717, 1.165) is 13.1 Å². The fraction of sp³-hybridized carbons (Fsp3) is 0.182. The van der Waals surface area contributed by atoms with Crippen molar-refractivity contribution in [3.05, 3.63) is 108 Å². The number of benzene rings is 3. The van der Waals surface area contributed by atoms with E-state index in [1.165, 1.54) is 16.7 Å². The molecule has 0 aliphatic carbocycles. The van der Waals surface area contributed by atoms with Crippen LogP contribution in [0.25, 0.3) is 0 Å². The molecule has 3 aromatic carbocycles. The summed E-state index contributed by atoms with van der Waals surface area (Å²) in [5.41, 5.74) is 4.04. The van der Waals surface area contributed by atoms with Crippen LogP contribution in [0.15, 0.2) is 91.0 Å². The lowest BCUT2D eigenvalue weighted by atomic mass is 9.84. The molecule has 3 aromatic rings. The molecule has 24 heavy (non-hydrogen) atoms. The highest BCUT2D eigenvalue weighted by molar-refractivity contribution is 8.01. The normalized spacial score (nSPS) is 15.0. The number of hydrogen-bond donors (Lipinski definition) is 1. The summed E-state index contributed by atoms with van der Waals surface area (Å²) in [6.07, 6.45) is 0. The molecular formula is C22H21NS. The molecule has 0 amide bonds. The van der Waals surface area contributed by atoms with Gasteiger partial charge in [0.1, 0.15) is 0 Å². The van der Waals surface area contributed by atoms with Crippen molar-refractivity contribution in [3.63, 3.8) is 0 Å². The Morgan fingerprint density at radius 2 is 1.00 bits per heavy atom. The van der Waals surface area contributed by atoms with Gasteiger partial charge in [0, 0.05) is 18.3 Å². The van der Waals surface area contributed by atoms with Gasteiger partial charge in [0.25, 0.3) is 0 Å². The molecule has 1 nitrogen and oxygen atoms in total. The van der Waals surface area contributed by atoms with Crippen LogP contribution >= 0.6 is 11.8 Å². The Morgan fingerprint density at radius 3 is 1.29 bits per heavy atom. The van der Waals surface area contributed by atoms with Gasteiger partial charge in [-0.25, -0.2) is 0 Å². The molecule has 1 saturated heterocycles. The molecule has 120 valence electrons. The second-order valence-corrected chi connectivity index (χ2v) is 7.69. The van der Waals surface area contributed by atoms with Gasteiger partial charge in [-0.1, -0.05) is 91.0 Å². The van der Waals surface area contributed by atoms with Crippen molar-refractivity contribution in [1.82, 2.24) is 5.32 Å². The lowest BCUT2D eigenvalue weighted by Gasteiger charge is -2.41. The Labute approximate surface area is 148 Å². The predicted molar refractivity (Wildman–Crippen MR) is 103 cm³/mol. The highest BCUT2D eigenvalue weighted by Crippen LogP contribution is 2.50. The van der Waals surface area contributed by atoms with E-state index in [0.29, 0.717) is 5.25 Å². The summed E-state index contributed by atoms with van der Waals surface area (Å²) in [5.74, 6) is 0. The molecule has 0 saturated carbocycles. The maximum Gasteiger partial charge on any atom is 0.0910 e. The Kier molecular flexibility index (Phi) is 4.42. The van der Waals surface area contributed by atoms with Gasteiger partial charge in [-0.2, -0.15) is 0 Å². The monoisotopic (exact) mass is 331 g/mol. The Balaban J connectivity index is 1.95. The van der Waals surface area contributed by atoms with E-state index >= 15 is 0 Å². The minimum atomic E-state index is -0.170. The highest BCUT2D eigenvalue weighted by atomic mass is 32.2.